The van der Waals surface area contributed by atoms with Gasteiger partial charge in [0.25, 0.3) is 0 Å². The molecule has 15 heavy (non-hydrogen) atoms. The van der Waals surface area contributed by atoms with Gasteiger partial charge < -0.3 is 11.1 Å². The molecule has 0 saturated heterocycles. The Balaban J connectivity index is 2.66. The number of pyridine rings is 1. The van der Waals surface area contributed by atoms with Crippen LogP contribution in [-0.2, 0) is 4.79 Å². The third kappa shape index (κ3) is 3.49. The van der Waals surface area contributed by atoms with Crippen molar-refractivity contribution in [2.45, 2.75) is 19.9 Å². The van der Waals surface area contributed by atoms with Crippen molar-refractivity contribution in [3.8, 4) is 0 Å². The normalized spacial score (nSPS) is 12.6. The molecule has 0 aliphatic rings. The van der Waals surface area contributed by atoms with Crippen LogP contribution in [-0.4, -0.2) is 16.9 Å². The quantitative estimate of drug-likeness (QED) is 0.772. The van der Waals surface area contributed by atoms with E-state index in [-0.39, 0.29) is 11.8 Å². The summed E-state index contributed by atoms with van der Waals surface area (Å²) in [7, 11) is 0. The number of hydrogen-bond donors (Lipinski definition) is 2. The molecule has 0 bridgehead atoms. The Morgan fingerprint density at radius 3 is 2.73 bits per heavy atom. The molecule has 0 radical (unpaired) electrons. The first kappa shape index (κ1) is 11.9. The Labute approximate surface area is 93.8 Å². The molecular weight excluding hydrogens is 214 g/mol. The molecule has 1 amide bonds. The highest BCUT2D eigenvalue weighted by Gasteiger charge is 2.17. The van der Waals surface area contributed by atoms with E-state index >= 15 is 0 Å². The van der Waals surface area contributed by atoms with Crippen molar-refractivity contribution in [3.63, 3.8) is 0 Å². The Bertz CT molecular complexity index is 354. The van der Waals surface area contributed by atoms with Gasteiger partial charge >= 0.3 is 0 Å². The van der Waals surface area contributed by atoms with Gasteiger partial charge in [-0.15, -0.1) is 0 Å². The van der Waals surface area contributed by atoms with E-state index < -0.39 is 6.04 Å². The summed E-state index contributed by atoms with van der Waals surface area (Å²) in [5.74, 6) is 0.257. The first-order valence-corrected chi connectivity index (χ1v) is 5.07. The third-order valence-corrected chi connectivity index (χ3v) is 2.20. The van der Waals surface area contributed by atoms with Gasteiger partial charge in [-0.3, -0.25) is 4.79 Å². The summed E-state index contributed by atoms with van der Waals surface area (Å²) in [6, 6.07) is 4.48. The van der Waals surface area contributed by atoms with Crippen LogP contribution in [0, 0.1) is 5.92 Å². The van der Waals surface area contributed by atoms with Gasteiger partial charge in [0.1, 0.15) is 11.0 Å². The van der Waals surface area contributed by atoms with Gasteiger partial charge in [0.05, 0.1) is 6.04 Å². The molecular formula is C10H14ClN3O. The first-order chi connectivity index (χ1) is 7.00. The largest absolute Gasteiger partial charge is 0.320 e. The standard InChI is InChI=1S/C10H14ClN3O/c1-6(2)9(12)10(15)14-8-5-3-4-7(11)13-8/h3-6,9H,12H2,1-2H3,(H,13,14,15). The molecule has 1 aromatic heterocycles. The minimum atomic E-state index is -0.536. The first-order valence-electron chi connectivity index (χ1n) is 4.69. The Kier molecular flexibility index (Phi) is 4.05. The lowest BCUT2D eigenvalue weighted by molar-refractivity contribution is -0.118. The number of halogens is 1. The monoisotopic (exact) mass is 227 g/mol. The van der Waals surface area contributed by atoms with E-state index in [1.54, 1.807) is 18.2 Å². The predicted molar refractivity (Wildman–Crippen MR) is 60.7 cm³/mol. The van der Waals surface area contributed by atoms with E-state index in [0.717, 1.165) is 0 Å². The van der Waals surface area contributed by atoms with Crippen molar-refractivity contribution < 1.29 is 4.79 Å². The topological polar surface area (TPSA) is 68.0 Å². The Hall–Kier alpha value is -1.13. The van der Waals surface area contributed by atoms with Gasteiger partial charge in [-0.2, -0.15) is 0 Å². The fourth-order valence-corrected chi connectivity index (χ4v) is 1.15. The number of hydrogen-bond acceptors (Lipinski definition) is 3. The van der Waals surface area contributed by atoms with E-state index in [9.17, 15) is 4.79 Å². The van der Waals surface area contributed by atoms with Crippen LogP contribution in [0.1, 0.15) is 13.8 Å². The highest BCUT2D eigenvalue weighted by molar-refractivity contribution is 6.29. The van der Waals surface area contributed by atoms with E-state index in [0.29, 0.717) is 11.0 Å². The number of aromatic nitrogens is 1. The summed E-state index contributed by atoms with van der Waals surface area (Å²) in [5, 5.41) is 2.94. The van der Waals surface area contributed by atoms with Gasteiger partial charge in [0.2, 0.25) is 5.91 Å². The molecule has 0 saturated carbocycles. The number of nitrogens with zero attached hydrogens (tertiary/aromatic N) is 1. The lowest BCUT2D eigenvalue weighted by atomic mass is 10.1. The van der Waals surface area contributed by atoms with Crippen LogP contribution in [0.3, 0.4) is 0 Å². The van der Waals surface area contributed by atoms with Crippen LogP contribution in [0.25, 0.3) is 0 Å². The number of carbonyl (C=O) groups is 1. The number of amides is 1. The molecule has 1 atom stereocenters. The fourth-order valence-electron chi connectivity index (χ4n) is 0.990. The average Bonchev–Trinajstić information content (AvgIpc) is 2.16. The molecule has 0 spiro atoms. The van der Waals surface area contributed by atoms with Crippen LogP contribution in [0.4, 0.5) is 5.82 Å². The number of carbonyl (C=O) groups excluding carboxylic acids is 1. The summed E-state index contributed by atoms with van der Waals surface area (Å²) < 4.78 is 0. The third-order valence-electron chi connectivity index (χ3n) is 1.99. The van der Waals surface area contributed by atoms with Gasteiger partial charge in [0.15, 0.2) is 0 Å². The highest BCUT2D eigenvalue weighted by atomic mass is 35.5. The molecule has 0 aliphatic heterocycles. The van der Waals surface area contributed by atoms with Crippen molar-refractivity contribution in [2.24, 2.45) is 11.7 Å². The molecule has 5 heteroatoms. The van der Waals surface area contributed by atoms with Gasteiger partial charge in [-0.25, -0.2) is 4.98 Å². The number of nitrogens with two attached hydrogens (primary N) is 1. The summed E-state index contributed by atoms with van der Waals surface area (Å²) in [6.45, 7) is 3.77. The van der Waals surface area contributed by atoms with E-state index in [4.69, 9.17) is 17.3 Å². The summed E-state index contributed by atoms with van der Waals surface area (Å²) in [4.78, 5) is 15.5. The second kappa shape index (κ2) is 5.09. The van der Waals surface area contributed by atoms with Crippen molar-refractivity contribution in [3.05, 3.63) is 23.4 Å². The number of rotatable bonds is 3. The fraction of sp³-hybridized carbons (Fsp3) is 0.400. The van der Waals surface area contributed by atoms with Crippen molar-refractivity contribution >= 4 is 23.3 Å². The minimum Gasteiger partial charge on any atom is -0.320 e. The highest BCUT2D eigenvalue weighted by Crippen LogP contribution is 2.10. The zero-order valence-corrected chi connectivity index (χ0v) is 9.45. The van der Waals surface area contributed by atoms with E-state index in [1.165, 1.54) is 0 Å². The summed E-state index contributed by atoms with van der Waals surface area (Å²) in [6.07, 6.45) is 0. The maximum Gasteiger partial charge on any atom is 0.242 e. The van der Waals surface area contributed by atoms with Gasteiger partial charge in [-0.05, 0) is 18.1 Å². The molecule has 1 heterocycles. The second-order valence-corrected chi connectivity index (χ2v) is 3.99. The number of nitrogens with one attached hydrogen (secondary N) is 1. The zero-order chi connectivity index (χ0) is 11.4. The molecule has 0 fully saturated rings. The smallest absolute Gasteiger partial charge is 0.242 e. The average molecular weight is 228 g/mol. The second-order valence-electron chi connectivity index (χ2n) is 3.60. The molecule has 1 unspecified atom stereocenters. The van der Waals surface area contributed by atoms with Crippen LogP contribution < -0.4 is 11.1 Å². The molecule has 0 aromatic carbocycles. The zero-order valence-electron chi connectivity index (χ0n) is 8.70. The van der Waals surface area contributed by atoms with Gasteiger partial charge in [-0.1, -0.05) is 31.5 Å². The predicted octanol–water partition coefficient (Wildman–Crippen LogP) is 1.66. The lowest BCUT2D eigenvalue weighted by Crippen LogP contribution is -2.39. The molecule has 1 rings (SSSR count). The summed E-state index contributed by atoms with van der Waals surface area (Å²) in [5.41, 5.74) is 5.67. The van der Waals surface area contributed by atoms with Crippen LogP contribution in [0.5, 0.6) is 0 Å². The molecule has 0 aliphatic carbocycles. The molecule has 4 nitrogen and oxygen atoms in total. The maximum absolute atomic E-state index is 11.5. The van der Waals surface area contributed by atoms with Crippen molar-refractivity contribution in [2.75, 3.05) is 5.32 Å². The van der Waals surface area contributed by atoms with Crippen LogP contribution in [0.2, 0.25) is 5.15 Å². The molecule has 82 valence electrons. The Morgan fingerprint density at radius 2 is 2.20 bits per heavy atom. The van der Waals surface area contributed by atoms with Crippen molar-refractivity contribution in [1.29, 1.82) is 0 Å². The SMILES string of the molecule is CC(C)C(N)C(=O)Nc1cccc(Cl)n1. The van der Waals surface area contributed by atoms with E-state index in [2.05, 4.69) is 10.3 Å². The maximum atomic E-state index is 11.5. The van der Waals surface area contributed by atoms with E-state index in [1.807, 2.05) is 13.8 Å². The van der Waals surface area contributed by atoms with Crippen LogP contribution >= 0.6 is 11.6 Å². The number of anilines is 1. The molecule has 1 aromatic rings. The summed E-state index contributed by atoms with van der Waals surface area (Å²) >= 11 is 5.68. The van der Waals surface area contributed by atoms with Crippen LogP contribution in [0.15, 0.2) is 18.2 Å². The Morgan fingerprint density at radius 1 is 1.53 bits per heavy atom. The minimum absolute atomic E-state index is 0.0872. The van der Waals surface area contributed by atoms with Gasteiger partial charge in [0, 0.05) is 0 Å². The molecule has 3 N–H and O–H groups in total. The lowest BCUT2D eigenvalue weighted by Gasteiger charge is -2.14. The van der Waals surface area contributed by atoms with Crippen molar-refractivity contribution in [1.82, 2.24) is 4.98 Å².